The molecular formula is C24H22BrN3O3. The summed E-state index contributed by atoms with van der Waals surface area (Å²) in [4.78, 5) is 29.1. The van der Waals surface area contributed by atoms with E-state index in [4.69, 9.17) is 10.5 Å². The summed E-state index contributed by atoms with van der Waals surface area (Å²) in [5, 5.41) is 2.99. The molecule has 0 unspecified atom stereocenters. The van der Waals surface area contributed by atoms with Crippen LogP contribution in [0.25, 0.3) is 0 Å². The summed E-state index contributed by atoms with van der Waals surface area (Å²) in [6, 6.07) is 16.1. The lowest BCUT2D eigenvalue weighted by Crippen LogP contribution is -2.18. The average molecular weight is 480 g/mol. The number of aryl methyl sites for hydroxylation is 1. The zero-order chi connectivity index (χ0) is 22.0. The van der Waals surface area contributed by atoms with E-state index in [2.05, 4.69) is 26.2 Å². The molecule has 6 nitrogen and oxygen atoms in total. The van der Waals surface area contributed by atoms with E-state index < -0.39 is 5.91 Å². The first-order chi connectivity index (χ1) is 14.9. The van der Waals surface area contributed by atoms with Gasteiger partial charge >= 0.3 is 0 Å². The number of nitrogens with one attached hydrogen (secondary N) is 1. The second-order valence-electron chi connectivity index (χ2n) is 7.58. The number of benzene rings is 2. The molecule has 2 aromatic carbocycles. The van der Waals surface area contributed by atoms with Gasteiger partial charge in [-0.15, -0.1) is 0 Å². The lowest BCUT2D eigenvalue weighted by Gasteiger charge is -2.17. The first-order valence-electron chi connectivity index (χ1n) is 10.0. The van der Waals surface area contributed by atoms with Gasteiger partial charge in [-0.3, -0.25) is 9.59 Å². The minimum atomic E-state index is -0.473. The molecule has 1 fully saturated rings. The minimum absolute atomic E-state index is 0.244. The number of anilines is 1. The molecule has 0 radical (unpaired) electrons. The Morgan fingerprint density at radius 2 is 1.87 bits per heavy atom. The Labute approximate surface area is 189 Å². The number of carbonyl (C=O) groups excluding carboxylic acids is 2. The molecule has 2 amide bonds. The Hall–Kier alpha value is -3.19. The summed E-state index contributed by atoms with van der Waals surface area (Å²) in [5.74, 6) is 0.190. The molecule has 0 bridgehead atoms. The number of amides is 2. The van der Waals surface area contributed by atoms with Gasteiger partial charge in [-0.05, 0) is 95.2 Å². The summed E-state index contributed by atoms with van der Waals surface area (Å²) < 4.78 is 6.51. The van der Waals surface area contributed by atoms with Crippen LogP contribution in [0.15, 0.2) is 59.2 Å². The van der Waals surface area contributed by atoms with Crippen LogP contribution in [0.5, 0.6) is 5.75 Å². The summed E-state index contributed by atoms with van der Waals surface area (Å²) in [6.07, 6.45) is 1.98. The van der Waals surface area contributed by atoms with Crippen LogP contribution in [0.4, 0.5) is 5.69 Å². The largest absolute Gasteiger partial charge is 0.487 e. The van der Waals surface area contributed by atoms with Crippen molar-refractivity contribution in [3.8, 4) is 5.75 Å². The lowest BCUT2D eigenvalue weighted by atomic mass is 9.96. The number of carbonyl (C=O) groups is 2. The molecule has 1 aliphatic carbocycles. The molecular weight excluding hydrogens is 458 g/mol. The standard InChI is InChI=1S/C24H22BrN3O3/c1-14-5-12-19(23(26)29)21(15-6-7-15)22(14)28-24(30)16-8-10-18(11-9-16)31-13-17-3-2-4-20(25)27-17/h2-5,8-12,15H,6-7,13H2,1H3,(H2,26,29)(H,28,30). The van der Waals surface area contributed by atoms with Crippen molar-refractivity contribution < 1.29 is 14.3 Å². The Morgan fingerprint density at radius 1 is 1.13 bits per heavy atom. The maximum atomic E-state index is 12.9. The highest BCUT2D eigenvalue weighted by atomic mass is 79.9. The molecule has 31 heavy (non-hydrogen) atoms. The highest BCUT2D eigenvalue weighted by molar-refractivity contribution is 9.10. The molecule has 0 saturated heterocycles. The van der Waals surface area contributed by atoms with E-state index in [9.17, 15) is 9.59 Å². The van der Waals surface area contributed by atoms with Gasteiger partial charge in [0.2, 0.25) is 5.91 Å². The highest BCUT2D eigenvalue weighted by Crippen LogP contribution is 2.46. The molecule has 1 aliphatic rings. The van der Waals surface area contributed by atoms with Crippen LogP contribution in [-0.2, 0) is 6.61 Å². The molecule has 0 spiro atoms. The monoisotopic (exact) mass is 479 g/mol. The van der Waals surface area contributed by atoms with E-state index in [0.717, 1.165) is 34.3 Å². The normalized spacial score (nSPS) is 13.0. The second kappa shape index (κ2) is 8.89. The number of hydrogen-bond donors (Lipinski definition) is 2. The third-order valence-electron chi connectivity index (χ3n) is 5.22. The number of pyridine rings is 1. The SMILES string of the molecule is Cc1ccc(C(N)=O)c(C2CC2)c1NC(=O)c1ccc(OCc2cccc(Br)n2)cc1. The fourth-order valence-corrected chi connectivity index (χ4v) is 3.86. The molecule has 158 valence electrons. The van der Waals surface area contributed by atoms with Crippen molar-refractivity contribution in [3.63, 3.8) is 0 Å². The topological polar surface area (TPSA) is 94.3 Å². The summed E-state index contributed by atoms with van der Waals surface area (Å²) >= 11 is 3.34. The summed E-state index contributed by atoms with van der Waals surface area (Å²) in [6.45, 7) is 2.24. The van der Waals surface area contributed by atoms with Crippen LogP contribution < -0.4 is 15.8 Å². The van der Waals surface area contributed by atoms with Crippen molar-refractivity contribution >= 4 is 33.4 Å². The first-order valence-corrected chi connectivity index (χ1v) is 10.8. The van der Waals surface area contributed by atoms with Crippen molar-refractivity contribution in [2.45, 2.75) is 32.3 Å². The number of hydrogen-bond acceptors (Lipinski definition) is 4. The first kappa shape index (κ1) is 21.1. The zero-order valence-corrected chi connectivity index (χ0v) is 18.6. The van der Waals surface area contributed by atoms with Crippen molar-refractivity contribution in [1.29, 1.82) is 0 Å². The van der Waals surface area contributed by atoms with Gasteiger partial charge < -0.3 is 15.8 Å². The second-order valence-corrected chi connectivity index (χ2v) is 8.39. The van der Waals surface area contributed by atoms with E-state index >= 15 is 0 Å². The minimum Gasteiger partial charge on any atom is -0.487 e. The molecule has 1 aromatic heterocycles. The third kappa shape index (κ3) is 4.94. The molecule has 1 saturated carbocycles. The molecule has 3 aromatic rings. The fourth-order valence-electron chi connectivity index (χ4n) is 3.48. The average Bonchev–Trinajstić information content (AvgIpc) is 3.59. The van der Waals surface area contributed by atoms with Gasteiger partial charge in [-0.2, -0.15) is 0 Å². The van der Waals surface area contributed by atoms with Gasteiger partial charge in [0, 0.05) is 16.8 Å². The number of halogens is 1. The summed E-state index contributed by atoms with van der Waals surface area (Å²) in [5.41, 5.74) is 9.78. The molecule has 7 heteroatoms. The van der Waals surface area contributed by atoms with Gasteiger partial charge in [-0.25, -0.2) is 4.98 Å². The van der Waals surface area contributed by atoms with Gasteiger partial charge in [0.05, 0.1) is 5.69 Å². The predicted molar refractivity (Wildman–Crippen MR) is 122 cm³/mol. The lowest BCUT2D eigenvalue weighted by molar-refractivity contribution is 0.0995. The Kier molecular flexibility index (Phi) is 6.04. The molecule has 1 heterocycles. The van der Waals surface area contributed by atoms with Crippen LogP contribution in [0.3, 0.4) is 0 Å². The molecule has 4 rings (SSSR count). The van der Waals surface area contributed by atoms with E-state index in [0.29, 0.717) is 29.2 Å². The predicted octanol–water partition coefficient (Wildman–Crippen LogP) is 4.96. The Balaban J connectivity index is 1.48. The summed E-state index contributed by atoms with van der Waals surface area (Å²) in [7, 11) is 0. The van der Waals surface area contributed by atoms with Crippen LogP contribution >= 0.6 is 15.9 Å². The van der Waals surface area contributed by atoms with Gasteiger partial charge in [0.15, 0.2) is 0 Å². The Morgan fingerprint density at radius 3 is 2.52 bits per heavy atom. The zero-order valence-electron chi connectivity index (χ0n) is 17.0. The maximum Gasteiger partial charge on any atom is 0.255 e. The van der Waals surface area contributed by atoms with Gasteiger partial charge in [-0.1, -0.05) is 12.1 Å². The smallest absolute Gasteiger partial charge is 0.255 e. The number of nitrogens with zero attached hydrogens (tertiary/aromatic N) is 1. The van der Waals surface area contributed by atoms with E-state index in [-0.39, 0.29) is 11.8 Å². The van der Waals surface area contributed by atoms with Crippen LogP contribution in [0.1, 0.15) is 56.3 Å². The van der Waals surface area contributed by atoms with Crippen molar-refractivity contribution in [2.75, 3.05) is 5.32 Å². The molecule has 0 aliphatic heterocycles. The number of primary amides is 1. The van der Waals surface area contributed by atoms with E-state index in [1.807, 2.05) is 31.2 Å². The van der Waals surface area contributed by atoms with Crippen molar-refractivity contribution in [3.05, 3.63) is 87.1 Å². The highest BCUT2D eigenvalue weighted by Gasteiger charge is 2.31. The van der Waals surface area contributed by atoms with E-state index in [1.54, 1.807) is 30.3 Å². The van der Waals surface area contributed by atoms with Crippen LogP contribution in [0, 0.1) is 6.92 Å². The molecule has 3 N–H and O–H groups in total. The van der Waals surface area contributed by atoms with Crippen molar-refractivity contribution in [1.82, 2.24) is 4.98 Å². The number of ether oxygens (including phenoxy) is 1. The fraction of sp³-hybridized carbons (Fsp3) is 0.208. The Bertz CT molecular complexity index is 1140. The maximum absolute atomic E-state index is 12.9. The van der Waals surface area contributed by atoms with Gasteiger partial charge in [0.1, 0.15) is 17.0 Å². The number of rotatable bonds is 7. The van der Waals surface area contributed by atoms with E-state index in [1.165, 1.54) is 0 Å². The quantitative estimate of drug-likeness (QED) is 0.468. The van der Waals surface area contributed by atoms with Crippen LogP contribution in [0.2, 0.25) is 0 Å². The third-order valence-corrected chi connectivity index (χ3v) is 5.66. The van der Waals surface area contributed by atoms with Gasteiger partial charge in [0.25, 0.3) is 5.91 Å². The number of nitrogens with two attached hydrogens (primary N) is 1. The number of aromatic nitrogens is 1. The van der Waals surface area contributed by atoms with Crippen LogP contribution in [-0.4, -0.2) is 16.8 Å². The molecule has 0 atom stereocenters. The van der Waals surface area contributed by atoms with Crippen molar-refractivity contribution in [2.24, 2.45) is 5.73 Å².